The Hall–Kier alpha value is -1.10. The van der Waals surface area contributed by atoms with E-state index >= 15 is 0 Å². The van der Waals surface area contributed by atoms with Crippen molar-refractivity contribution in [3.8, 4) is 0 Å². The number of halogens is 1. The van der Waals surface area contributed by atoms with E-state index in [1.807, 2.05) is 0 Å². The second-order valence-corrected chi connectivity index (χ2v) is 7.11. The lowest BCUT2D eigenvalue weighted by Gasteiger charge is -2.27. The van der Waals surface area contributed by atoms with E-state index in [0.29, 0.717) is 11.9 Å². The molecule has 0 bridgehead atoms. The first kappa shape index (κ1) is 18.0. The average molecular weight is 314 g/mol. The molecule has 0 spiro atoms. The summed E-state index contributed by atoms with van der Waals surface area (Å²) < 4.78 is 0. The van der Waals surface area contributed by atoms with Crippen LogP contribution in [0.2, 0.25) is 5.28 Å². The van der Waals surface area contributed by atoms with Gasteiger partial charge in [-0.25, -0.2) is 0 Å². The molecule has 1 aromatic rings. The standard InChI is InChI=1S/C15H28ClN5/c1-7-9-14(3,4)20-12-17-11(16)18-13(19-12)21-15(5,6)10-8-2/h7-10H2,1-6H3,(H2,17,18,19,20,21). The number of nitrogens with one attached hydrogen (secondary N) is 2. The summed E-state index contributed by atoms with van der Waals surface area (Å²) in [7, 11) is 0. The predicted molar refractivity (Wildman–Crippen MR) is 90.1 cm³/mol. The summed E-state index contributed by atoms with van der Waals surface area (Å²) in [4.78, 5) is 12.8. The lowest BCUT2D eigenvalue weighted by atomic mass is 9.99. The van der Waals surface area contributed by atoms with Crippen LogP contribution in [0.25, 0.3) is 0 Å². The topological polar surface area (TPSA) is 62.7 Å². The van der Waals surface area contributed by atoms with Crippen LogP contribution in [-0.4, -0.2) is 26.0 Å². The second kappa shape index (κ2) is 7.25. The fraction of sp³-hybridized carbons (Fsp3) is 0.800. The predicted octanol–water partition coefficient (Wildman–Crippen LogP) is 4.51. The second-order valence-electron chi connectivity index (χ2n) is 6.77. The van der Waals surface area contributed by atoms with Gasteiger partial charge in [0.15, 0.2) is 0 Å². The number of aromatic nitrogens is 3. The van der Waals surface area contributed by atoms with Crippen molar-refractivity contribution in [1.82, 2.24) is 15.0 Å². The van der Waals surface area contributed by atoms with Crippen LogP contribution in [0.5, 0.6) is 0 Å². The molecule has 0 aliphatic carbocycles. The normalized spacial score (nSPS) is 12.3. The molecule has 0 radical (unpaired) electrons. The molecule has 0 saturated carbocycles. The fourth-order valence-electron chi connectivity index (χ4n) is 2.44. The molecule has 0 unspecified atom stereocenters. The smallest absolute Gasteiger partial charge is 0.229 e. The van der Waals surface area contributed by atoms with Crippen molar-refractivity contribution in [2.24, 2.45) is 0 Å². The molecular weight excluding hydrogens is 286 g/mol. The zero-order valence-electron chi connectivity index (χ0n) is 14.0. The van der Waals surface area contributed by atoms with Gasteiger partial charge in [0.05, 0.1) is 0 Å². The Morgan fingerprint density at radius 3 is 1.52 bits per heavy atom. The van der Waals surface area contributed by atoms with Gasteiger partial charge in [-0.05, 0) is 52.1 Å². The molecule has 1 rings (SSSR count). The summed E-state index contributed by atoms with van der Waals surface area (Å²) >= 11 is 6.02. The van der Waals surface area contributed by atoms with Crippen LogP contribution in [0.4, 0.5) is 11.9 Å². The molecule has 5 nitrogen and oxygen atoms in total. The third kappa shape index (κ3) is 6.46. The van der Waals surface area contributed by atoms with Crippen LogP contribution in [0.15, 0.2) is 0 Å². The van der Waals surface area contributed by atoms with Gasteiger partial charge in [-0.15, -0.1) is 0 Å². The minimum absolute atomic E-state index is 0.0738. The average Bonchev–Trinajstić information content (AvgIpc) is 2.25. The largest absolute Gasteiger partial charge is 0.349 e. The minimum atomic E-state index is -0.0738. The van der Waals surface area contributed by atoms with Gasteiger partial charge in [0, 0.05) is 11.1 Å². The zero-order valence-corrected chi connectivity index (χ0v) is 14.8. The minimum Gasteiger partial charge on any atom is -0.349 e. The lowest BCUT2D eigenvalue weighted by Crippen LogP contribution is -2.33. The molecule has 0 fully saturated rings. The molecule has 0 amide bonds. The quantitative estimate of drug-likeness (QED) is 0.739. The number of anilines is 2. The van der Waals surface area contributed by atoms with Gasteiger partial charge in [0.1, 0.15) is 0 Å². The van der Waals surface area contributed by atoms with Crippen LogP contribution < -0.4 is 10.6 Å². The van der Waals surface area contributed by atoms with Crippen molar-refractivity contribution in [2.45, 2.75) is 78.3 Å². The molecule has 21 heavy (non-hydrogen) atoms. The molecular formula is C15H28ClN5. The van der Waals surface area contributed by atoms with Crippen LogP contribution in [0, 0.1) is 0 Å². The van der Waals surface area contributed by atoms with Crippen molar-refractivity contribution in [1.29, 1.82) is 0 Å². The fourth-order valence-corrected chi connectivity index (χ4v) is 2.60. The first-order valence-electron chi connectivity index (χ1n) is 7.65. The lowest BCUT2D eigenvalue weighted by molar-refractivity contribution is 0.501. The Morgan fingerprint density at radius 1 is 0.810 bits per heavy atom. The monoisotopic (exact) mass is 313 g/mol. The van der Waals surface area contributed by atoms with Crippen LogP contribution in [-0.2, 0) is 0 Å². The molecule has 6 heteroatoms. The van der Waals surface area contributed by atoms with Crippen molar-refractivity contribution in [2.75, 3.05) is 10.6 Å². The number of hydrogen-bond donors (Lipinski definition) is 2. The van der Waals surface area contributed by atoms with Crippen LogP contribution in [0.3, 0.4) is 0 Å². The number of hydrogen-bond acceptors (Lipinski definition) is 5. The maximum Gasteiger partial charge on any atom is 0.229 e. The molecule has 1 heterocycles. The summed E-state index contributed by atoms with van der Waals surface area (Å²) in [6.07, 6.45) is 4.24. The van der Waals surface area contributed by atoms with Crippen molar-refractivity contribution >= 4 is 23.5 Å². The van der Waals surface area contributed by atoms with Gasteiger partial charge >= 0.3 is 0 Å². The molecule has 0 aliphatic heterocycles. The Balaban J connectivity index is 2.90. The maximum absolute atomic E-state index is 6.02. The van der Waals surface area contributed by atoms with E-state index in [9.17, 15) is 0 Å². The van der Waals surface area contributed by atoms with E-state index in [-0.39, 0.29) is 16.4 Å². The molecule has 0 atom stereocenters. The summed E-state index contributed by atoms with van der Waals surface area (Å²) in [6.45, 7) is 12.8. The Morgan fingerprint density at radius 2 is 1.19 bits per heavy atom. The highest BCUT2D eigenvalue weighted by atomic mass is 35.5. The van der Waals surface area contributed by atoms with Crippen molar-refractivity contribution in [3.63, 3.8) is 0 Å². The summed E-state index contributed by atoms with van der Waals surface area (Å²) in [5, 5.41) is 6.87. The molecule has 0 aliphatic rings. The molecule has 2 N–H and O–H groups in total. The van der Waals surface area contributed by atoms with Crippen molar-refractivity contribution < 1.29 is 0 Å². The number of nitrogens with zero attached hydrogens (tertiary/aromatic N) is 3. The first-order chi connectivity index (χ1) is 9.67. The van der Waals surface area contributed by atoms with Gasteiger partial charge < -0.3 is 10.6 Å². The van der Waals surface area contributed by atoms with E-state index in [0.717, 1.165) is 25.7 Å². The third-order valence-corrected chi connectivity index (χ3v) is 3.43. The summed E-state index contributed by atoms with van der Waals surface area (Å²) in [6, 6.07) is 0. The highest BCUT2D eigenvalue weighted by molar-refractivity contribution is 6.28. The summed E-state index contributed by atoms with van der Waals surface area (Å²) in [5.74, 6) is 1.03. The van der Waals surface area contributed by atoms with E-state index in [1.54, 1.807) is 0 Å². The van der Waals surface area contributed by atoms with E-state index in [1.165, 1.54) is 0 Å². The van der Waals surface area contributed by atoms with Crippen LogP contribution >= 0.6 is 11.6 Å². The first-order valence-corrected chi connectivity index (χ1v) is 8.03. The van der Waals surface area contributed by atoms with Gasteiger partial charge in [0.2, 0.25) is 17.2 Å². The Kier molecular flexibility index (Phi) is 6.20. The van der Waals surface area contributed by atoms with Gasteiger partial charge in [-0.1, -0.05) is 26.7 Å². The molecule has 120 valence electrons. The van der Waals surface area contributed by atoms with E-state index in [4.69, 9.17) is 11.6 Å². The van der Waals surface area contributed by atoms with Gasteiger partial charge in [-0.2, -0.15) is 15.0 Å². The van der Waals surface area contributed by atoms with Gasteiger partial charge in [0.25, 0.3) is 0 Å². The van der Waals surface area contributed by atoms with Crippen molar-refractivity contribution in [3.05, 3.63) is 5.28 Å². The Bertz CT molecular complexity index is 421. The third-order valence-electron chi connectivity index (χ3n) is 3.26. The Labute approximate surface area is 133 Å². The molecule has 1 aromatic heterocycles. The zero-order chi connectivity index (χ0) is 16.1. The number of rotatable bonds is 8. The van der Waals surface area contributed by atoms with E-state index < -0.39 is 0 Å². The van der Waals surface area contributed by atoms with Gasteiger partial charge in [-0.3, -0.25) is 0 Å². The van der Waals surface area contributed by atoms with Crippen LogP contribution in [0.1, 0.15) is 67.2 Å². The summed E-state index contributed by atoms with van der Waals surface area (Å²) in [5.41, 5.74) is -0.148. The molecule has 0 saturated heterocycles. The SMILES string of the molecule is CCCC(C)(C)Nc1nc(Cl)nc(NC(C)(C)CCC)n1. The molecule has 0 aromatic carbocycles. The maximum atomic E-state index is 6.02. The highest BCUT2D eigenvalue weighted by Gasteiger charge is 2.21. The van der Waals surface area contributed by atoms with E-state index in [2.05, 4.69) is 67.1 Å². The highest BCUT2D eigenvalue weighted by Crippen LogP contribution is 2.21.